The zero-order valence-corrected chi connectivity index (χ0v) is 11.0. The predicted octanol–water partition coefficient (Wildman–Crippen LogP) is 2.48. The summed E-state index contributed by atoms with van der Waals surface area (Å²) in [5.74, 6) is 0.794. The van der Waals surface area contributed by atoms with E-state index in [1.165, 1.54) is 13.2 Å². The number of ether oxygens (including phenoxy) is 2. The van der Waals surface area contributed by atoms with Crippen LogP contribution in [-0.4, -0.2) is 17.1 Å². The predicted molar refractivity (Wildman–Crippen MR) is 74.0 cm³/mol. The maximum Gasteiger partial charge on any atom is 0.247 e. The number of aromatic nitrogens is 2. The SMILES string of the molecule is COc1cc(Oc2c(C#N)oc3ccccc23)nc(N)n1. The van der Waals surface area contributed by atoms with E-state index >= 15 is 0 Å². The molecule has 0 spiro atoms. The van der Waals surface area contributed by atoms with Crippen LogP contribution in [0.5, 0.6) is 17.5 Å². The van der Waals surface area contributed by atoms with E-state index in [0.29, 0.717) is 11.0 Å². The molecular weight excluding hydrogens is 272 g/mol. The van der Waals surface area contributed by atoms with Crippen LogP contribution in [0.25, 0.3) is 11.0 Å². The van der Waals surface area contributed by atoms with Gasteiger partial charge in [-0.25, -0.2) is 0 Å². The lowest BCUT2D eigenvalue weighted by Crippen LogP contribution is -1.99. The van der Waals surface area contributed by atoms with E-state index < -0.39 is 0 Å². The number of nitriles is 1. The molecule has 0 saturated heterocycles. The van der Waals surface area contributed by atoms with Crippen LogP contribution in [0.2, 0.25) is 0 Å². The van der Waals surface area contributed by atoms with Gasteiger partial charge in [0.05, 0.1) is 18.6 Å². The Morgan fingerprint density at radius 2 is 2.00 bits per heavy atom. The van der Waals surface area contributed by atoms with E-state index in [4.69, 9.17) is 24.9 Å². The lowest BCUT2D eigenvalue weighted by atomic mass is 10.2. The molecule has 2 heterocycles. The topological polar surface area (TPSA) is 107 Å². The van der Waals surface area contributed by atoms with Crippen molar-refractivity contribution in [1.82, 2.24) is 9.97 Å². The number of methoxy groups -OCH3 is 1. The van der Waals surface area contributed by atoms with Crippen molar-refractivity contribution < 1.29 is 13.9 Å². The van der Waals surface area contributed by atoms with Crippen molar-refractivity contribution in [2.24, 2.45) is 0 Å². The van der Waals surface area contributed by atoms with Gasteiger partial charge in [-0.1, -0.05) is 12.1 Å². The highest BCUT2D eigenvalue weighted by atomic mass is 16.5. The molecule has 0 amide bonds. The van der Waals surface area contributed by atoms with Gasteiger partial charge in [0, 0.05) is 0 Å². The third kappa shape index (κ3) is 2.30. The Kier molecular flexibility index (Phi) is 3.04. The highest BCUT2D eigenvalue weighted by molar-refractivity contribution is 5.86. The number of nitrogens with zero attached hydrogens (tertiary/aromatic N) is 3. The lowest BCUT2D eigenvalue weighted by molar-refractivity contribution is 0.388. The van der Waals surface area contributed by atoms with E-state index in [1.807, 2.05) is 18.2 Å². The molecule has 2 N–H and O–H groups in total. The highest BCUT2D eigenvalue weighted by Crippen LogP contribution is 2.35. The number of nitrogens with two attached hydrogens (primary N) is 1. The Hall–Kier alpha value is -3.27. The largest absolute Gasteiger partial charge is 0.481 e. The summed E-state index contributed by atoms with van der Waals surface area (Å²) in [6.07, 6.45) is 0. The van der Waals surface area contributed by atoms with Gasteiger partial charge in [0.25, 0.3) is 0 Å². The summed E-state index contributed by atoms with van der Waals surface area (Å²) in [7, 11) is 1.46. The van der Waals surface area contributed by atoms with Crippen molar-refractivity contribution in [3.8, 4) is 23.6 Å². The molecule has 7 heteroatoms. The summed E-state index contributed by atoms with van der Waals surface area (Å²) < 4.78 is 16.1. The highest BCUT2D eigenvalue weighted by Gasteiger charge is 2.17. The lowest BCUT2D eigenvalue weighted by Gasteiger charge is -2.05. The van der Waals surface area contributed by atoms with E-state index in [0.717, 1.165) is 0 Å². The number of rotatable bonds is 3. The summed E-state index contributed by atoms with van der Waals surface area (Å²) in [5, 5.41) is 9.82. The molecular formula is C14H10N4O3. The summed E-state index contributed by atoms with van der Waals surface area (Å²) in [4.78, 5) is 7.81. The molecule has 7 nitrogen and oxygen atoms in total. The Bertz CT molecular complexity index is 851. The van der Waals surface area contributed by atoms with E-state index in [1.54, 1.807) is 12.1 Å². The first kappa shape index (κ1) is 12.7. The number of furan rings is 1. The van der Waals surface area contributed by atoms with Gasteiger partial charge in [-0.15, -0.1) is 0 Å². The van der Waals surface area contributed by atoms with Crippen LogP contribution in [-0.2, 0) is 0 Å². The summed E-state index contributed by atoms with van der Waals surface area (Å²) in [6, 6.07) is 10.6. The maximum atomic E-state index is 9.15. The number of hydrogen-bond donors (Lipinski definition) is 1. The third-order valence-corrected chi connectivity index (χ3v) is 2.76. The zero-order valence-electron chi connectivity index (χ0n) is 11.0. The molecule has 1 aromatic carbocycles. The fourth-order valence-corrected chi connectivity index (χ4v) is 1.88. The Balaban J connectivity index is 2.09. The Morgan fingerprint density at radius 3 is 2.76 bits per heavy atom. The molecule has 2 aromatic heterocycles. The Morgan fingerprint density at radius 1 is 1.24 bits per heavy atom. The van der Waals surface area contributed by atoms with Crippen molar-refractivity contribution in [2.45, 2.75) is 0 Å². The maximum absolute atomic E-state index is 9.15. The molecule has 104 valence electrons. The van der Waals surface area contributed by atoms with Crippen LogP contribution in [0.1, 0.15) is 5.76 Å². The monoisotopic (exact) mass is 282 g/mol. The number of benzene rings is 1. The smallest absolute Gasteiger partial charge is 0.247 e. The first-order chi connectivity index (χ1) is 10.2. The summed E-state index contributed by atoms with van der Waals surface area (Å²) >= 11 is 0. The van der Waals surface area contributed by atoms with Crippen LogP contribution >= 0.6 is 0 Å². The third-order valence-electron chi connectivity index (χ3n) is 2.76. The second kappa shape index (κ2) is 5.02. The van der Waals surface area contributed by atoms with Crippen LogP contribution in [0.3, 0.4) is 0 Å². The average Bonchev–Trinajstić information content (AvgIpc) is 2.85. The quantitative estimate of drug-likeness (QED) is 0.786. The van der Waals surface area contributed by atoms with Gasteiger partial charge in [0.1, 0.15) is 11.7 Å². The second-order valence-corrected chi connectivity index (χ2v) is 4.08. The van der Waals surface area contributed by atoms with E-state index in [2.05, 4.69) is 9.97 Å². The van der Waals surface area contributed by atoms with Gasteiger partial charge < -0.3 is 19.6 Å². The minimum Gasteiger partial charge on any atom is -0.481 e. The van der Waals surface area contributed by atoms with Crippen molar-refractivity contribution in [1.29, 1.82) is 5.26 Å². The fourth-order valence-electron chi connectivity index (χ4n) is 1.88. The number of fused-ring (bicyclic) bond motifs is 1. The number of para-hydroxylation sites is 1. The Labute approximate surface area is 119 Å². The molecule has 0 aliphatic rings. The fraction of sp³-hybridized carbons (Fsp3) is 0.0714. The molecule has 0 fully saturated rings. The summed E-state index contributed by atoms with van der Waals surface area (Å²) in [6.45, 7) is 0. The van der Waals surface area contributed by atoms with Crippen LogP contribution in [0.15, 0.2) is 34.7 Å². The molecule has 3 aromatic rings. The van der Waals surface area contributed by atoms with Gasteiger partial charge in [-0.3, -0.25) is 0 Å². The minimum atomic E-state index is 0.00987. The molecule has 0 aliphatic carbocycles. The number of nitrogen functional groups attached to an aromatic ring is 1. The first-order valence-corrected chi connectivity index (χ1v) is 5.99. The molecule has 3 rings (SSSR count). The van der Waals surface area contributed by atoms with E-state index in [-0.39, 0.29) is 29.2 Å². The van der Waals surface area contributed by atoms with Crippen LogP contribution < -0.4 is 15.2 Å². The zero-order chi connectivity index (χ0) is 14.8. The first-order valence-electron chi connectivity index (χ1n) is 5.99. The van der Waals surface area contributed by atoms with Gasteiger partial charge in [-0.2, -0.15) is 15.2 Å². The van der Waals surface area contributed by atoms with Crippen LogP contribution in [0, 0.1) is 11.3 Å². The number of anilines is 1. The van der Waals surface area contributed by atoms with Crippen LogP contribution in [0.4, 0.5) is 5.95 Å². The van der Waals surface area contributed by atoms with Crippen molar-refractivity contribution in [2.75, 3.05) is 12.8 Å². The molecule has 0 aliphatic heterocycles. The molecule has 0 radical (unpaired) electrons. The van der Waals surface area contributed by atoms with Crippen molar-refractivity contribution >= 4 is 16.9 Å². The minimum absolute atomic E-state index is 0.00987. The molecule has 0 bridgehead atoms. The molecule has 0 atom stereocenters. The second-order valence-electron chi connectivity index (χ2n) is 4.08. The standard InChI is InChI=1S/C14H10N4O3/c1-19-11-6-12(18-14(16)17-11)21-13-8-4-2-3-5-9(8)20-10(13)7-15/h2-6H,1H3,(H2,16,17,18). The van der Waals surface area contributed by atoms with E-state index in [9.17, 15) is 0 Å². The number of hydrogen-bond acceptors (Lipinski definition) is 7. The molecule has 0 saturated carbocycles. The average molecular weight is 282 g/mol. The van der Waals surface area contributed by atoms with Gasteiger partial charge in [0.15, 0.2) is 5.75 Å². The molecule has 0 unspecified atom stereocenters. The summed E-state index contributed by atoms with van der Waals surface area (Å²) in [5.41, 5.74) is 6.13. The van der Waals surface area contributed by atoms with Crippen molar-refractivity contribution in [3.63, 3.8) is 0 Å². The van der Waals surface area contributed by atoms with Crippen molar-refractivity contribution in [3.05, 3.63) is 36.1 Å². The molecule has 21 heavy (non-hydrogen) atoms. The normalized spacial score (nSPS) is 10.3. The van der Waals surface area contributed by atoms with Gasteiger partial charge in [-0.05, 0) is 12.1 Å². The van der Waals surface area contributed by atoms with Gasteiger partial charge >= 0.3 is 0 Å². The van der Waals surface area contributed by atoms with Gasteiger partial charge in [0.2, 0.25) is 23.5 Å².